The van der Waals surface area contributed by atoms with Crippen LogP contribution < -0.4 is 10.4 Å². The van der Waals surface area contributed by atoms with Gasteiger partial charge in [-0.05, 0) is 37.3 Å². The van der Waals surface area contributed by atoms with Crippen LogP contribution in [0.1, 0.15) is 5.69 Å². The van der Waals surface area contributed by atoms with Gasteiger partial charge in [0.25, 0.3) is 0 Å². The molecule has 0 bridgehead atoms. The fourth-order valence-corrected chi connectivity index (χ4v) is 2.90. The Morgan fingerprint density at radius 3 is 2.58 bits per heavy atom. The summed E-state index contributed by atoms with van der Waals surface area (Å²) >= 11 is 0. The van der Waals surface area contributed by atoms with Gasteiger partial charge >= 0.3 is 5.69 Å². The van der Waals surface area contributed by atoms with Gasteiger partial charge in [-0.1, -0.05) is 18.2 Å². The molecule has 0 saturated carbocycles. The first-order valence-electron chi connectivity index (χ1n) is 8.00. The zero-order valence-corrected chi connectivity index (χ0v) is 14.2. The Morgan fingerprint density at radius 1 is 1.12 bits per heavy atom. The monoisotopic (exact) mass is 348 g/mol. The van der Waals surface area contributed by atoms with Crippen molar-refractivity contribution in [2.24, 2.45) is 0 Å². The molecule has 0 aliphatic rings. The van der Waals surface area contributed by atoms with Crippen molar-refractivity contribution >= 4 is 11.2 Å². The molecule has 0 aliphatic heterocycles. The van der Waals surface area contributed by atoms with Crippen LogP contribution in [-0.4, -0.2) is 31.7 Å². The van der Waals surface area contributed by atoms with E-state index in [1.807, 2.05) is 37.3 Å². The fraction of sp³-hybridized carbons (Fsp3) is 0.105. The van der Waals surface area contributed by atoms with Gasteiger partial charge in [-0.2, -0.15) is 0 Å². The quantitative estimate of drug-likeness (QED) is 0.594. The molecular weight excluding hydrogens is 332 g/mol. The third kappa shape index (κ3) is 2.50. The Bertz CT molecular complexity index is 1160. The molecule has 0 saturated heterocycles. The van der Waals surface area contributed by atoms with Crippen LogP contribution in [0, 0.1) is 6.92 Å². The van der Waals surface area contributed by atoms with E-state index < -0.39 is 0 Å². The summed E-state index contributed by atoms with van der Waals surface area (Å²) in [4.78, 5) is 24.3. The van der Waals surface area contributed by atoms with Gasteiger partial charge in [0.2, 0.25) is 0 Å². The highest BCUT2D eigenvalue weighted by Gasteiger charge is 2.16. The SMILES string of the molecule is COc1ccc(-c2nc(C)c3[nH]c(=O)n(-c4ccccc4)c3n2)cc1O. The molecule has 4 rings (SSSR count). The molecule has 0 spiro atoms. The number of hydrogen-bond donors (Lipinski definition) is 2. The molecule has 0 amide bonds. The Morgan fingerprint density at radius 2 is 1.88 bits per heavy atom. The number of aromatic hydroxyl groups is 1. The van der Waals surface area contributed by atoms with Crippen LogP contribution in [0.15, 0.2) is 53.3 Å². The van der Waals surface area contributed by atoms with Gasteiger partial charge < -0.3 is 14.8 Å². The Kier molecular flexibility index (Phi) is 3.69. The summed E-state index contributed by atoms with van der Waals surface area (Å²) < 4.78 is 6.58. The molecule has 2 aromatic carbocycles. The molecule has 0 unspecified atom stereocenters. The van der Waals surface area contributed by atoms with E-state index in [4.69, 9.17) is 4.74 Å². The summed E-state index contributed by atoms with van der Waals surface area (Å²) in [5, 5.41) is 10.0. The number of phenolic OH excluding ortho intramolecular Hbond substituents is 1. The topological polar surface area (TPSA) is 93.0 Å². The maximum atomic E-state index is 12.5. The second kappa shape index (κ2) is 6.03. The lowest BCUT2D eigenvalue weighted by atomic mass is 10.2. The standard InChI is InChI=1S/C19H16N4O3/c1-11-16-18(23(19(25)21-16)13-6-4-3-5-7-13)22-17(20-11)12-8-9-15(26-2)14(24)10-12/h3-10,24H,1-2H3,(H,21,25). The minimum absolute atomic E-state index is 0.000804. The number of nitrogens with zero attached hydrogens (tertiary/aromatic N) is 3. The molecule has 26 heavy (non-hydrogen) atoms. The normalized spacial score (nSPS) is 11.0. The number of fused-ring (bicyclic) bond motifs is 1. The van der Waals surface area contributed by atoms with Crippen molar-refractivity contribution in [1.82, 2.24) is 19.5 Å². The summed E-state index contributed by atoms with van der Waals surface area (Å²) in [7, 11) is 1.49. The van der Waals surface area contributed by atoms with E-state index in [1.165, 1.54) is 17.7 Å². The number of hydrogen-bond acceptors (Lipinski definition) is 5. The van der Waals surface area contributed by atoms with Gasteiger partial charge in [-0.15, -0.1) is 0 Å². The maximum absolute atomic E-state index is 12.5. The first kappa shape index (κ1) is 15.9. The number of methoxy groups -OCH3 is 1. The Labute approximate surface area is 148 Å². The molecule has 0 radical (unpaired) electrons. The summed E-state index contributed by atoms with van der Waals surface area (Å²) in [5.74, 6) is 0.784. The lowest BCUT2D eigenvalue weighted by Gasteiger charge is -2.08. The molecule has 2 N–H and O–H groups in total. The number of benzene rings is 2. The fourth-order valence-electron chi connectivity index (χ4n) is 2.90. The van der Waals surface area contributed by atoms with E-state index in [2.05, 4.69) is 15.0 Å². The van der Waals surface area contributed by atoms with Gasteiger partial charge in [-0.25, -0.2) is 19.3 Å². The zero-order valence-electron chi connectivity index (χ0n) is 14.2. The van der Waals surface area contributed by atoms with Crippen molar-refractivity contribution in [2.75, 3.05) is 7.11 Å². The lowest BCUT2D eigenvalue weighted by Crippen LogP contribution is -2.14. The minimum atomic E-state index is -0.279. The van der Waals surface area contributed by atoms with E-state index >= 15 is 0 Å². The largest absolute Gasteiger partial charge is 0.504 e. The summed E-state index contributed by atoms with van der Waals surface area (Å²) in [6, 6.07) is 14.2. The number of aromatic nitrogens is 4. The number of nitrogens with one attached hydrogen (secondary N) is 1. The number of aryl methyl sites for hydroxylation is 1. The van der Waals surface area contributed by atoms with Gasteiger partial charge in [0.05, 0.1) is 18.5 Å². The predicted molar refractivity (Wildman–Crippen MR) is 97.9 cm³/mol. The van der Waals surface area contributed by atoms with E-state index in [1.54, 1.807) is 12.1 Å². The van der Waals surface area contributed by atoms with E-state index in [0.29, 0.717) is 39.7 Å². The number of phenols is 1. The molecule has 130 valence electrons. The van der Waals surface area contributed by atoms with Crippen molar-refractivity contribution in [2.45, 2.75) is 6.92 Å². The first-order valence-corrected chi connectivity index (χ1v) is 8.00. The van der Waals surface area contributed by atoms with Crippen LogP contribution in [0.25, 0.3) is 28.2 Å². The average Bonchev–Trinajstić information content (AvgIpc) is 2.99. The van der Waals surface area contributed by atoms with Crippen molar-refractivity contribution in [3.63, 3.8) is 0 Å². The van der Waals surface area contributed by atoms with Crippen molar-refractivity contribution in [3.05, 3.63) is 64.7 Å². The number of ether oxygens (including phenoxy) is 1. The lowest BCUT2D eigenvalue weighted by molar-refractivity contribution is 0.373. The number of imidazole rings is 1. The molecule has 0 aliphatic carbocycles. The van der Waals surface area contributed by atoms with E-state index in [-0.39, 0.29) is 11.4 Å². The smallest absolute Gasteiger partial charge is 0.332 e. The maximum Gasteiger partial charge on any atom is 0.332 e. The van der Waals surface area contributed by atoms with Crippen LogP contribution in [0.5, 0.6) is 11.5 Å². The molecule has 7 heteroatoms. The molecule has 4 aromatic rings. The number of para-hydroxylation sites is 1. The second-order valence-corrected chi connectivity index (χ2v) is 5.82. The second-order valence-electron chi connectivity index (χ2n) is 5.82. The van der Waals surface area contributed by atoms with Gasteiger partial charge in [0.1, 0.15) is 5.52 Å². The third-order valence-corrected chi connectivity index (χ3v) is 4.17. The van der Waals surface area contributed by atoms with E-state index in [0.717, 1.165) is 0 Å². The minimum Gasteiger partial charge on any atom is -0.504 e. The highest BCUT2D eigenvalue weighted by molar-refractivity contribution is 5.78. The number of rotatable bonds is 3. The molecular formula is C19H16N4O3. The van der Waals surface area contributed by atoms with Gasteiger partial charge in [0.15, 0.2) is 23.0 Å². The van der Waals surface area contributed by atoms with Gasteiger partial charge in [0, 0.05) is 5.56 Å². The van der Waals surface area contributed by atoms with Crippen LogP contribution in [0.3, 0.4) is 0 Å². The van der Waals surface area contributed by atoms with Crippen molar-refractivity contribution in [3.8, 4) is 28.6 Å². The highest BCUT2D eigenvalue weighted by Crippen LogP contribution is 2.30. The highest BCUT2D eigenvalue weighted by atomic mass is 16.5. The summed E-state index contributed by atoms with van der Waals surface area (Å²) in [6.45, 7) is 1.81. The van der Waals surface area contributed by atoms with Crippen LogP contribution in [-0.2, 0) is 0 Å². The third-order valence-electron chi connectivity index (χ3n) is 4.17. The van der Waals surface area contributed by atoms with Crippen LogP contribution in [0.2, 0.25) is 0 Å². The van der Waals surface area contributed by atoms with Crippen molar-refractivity contribution < 1.29 is 9.84 Å². The zero-order chi connectivity index (χ0) is 18.3. The number of aromatic amines is 1. The Balaban J connectivity index is 1.96. The van der Waals surface area contributed by atoms with Crippen molar-refractivity contribution in [1.29, 1.82) is 0 Å². The summed E-state index contributed by atoms with van der Waals surface area (Å²) in [6.07, 6.45) is 0. The average molecular weight is 348 g/mol. The molecule has 2 heterocycles. The van der Waals surface area contributed by atoms with Gasteiger partial charge in [-0.3, -0.25) is 0 Å². The van der Waals surface area contributed by atoms with Crippen LogP contribution >= 0.6 is 0 Å². The van der Waals surface area contributed by atoms with Crippen LogP contribution in [0.4, 0.5) is 0 Å². The first-order chi connectivity index (χ1) is 12.6. The molecule has 2 aromatic heterocycles. The molecule has 7 nitrogen and oxygen atoms in total. The summed E-state index contributed by atoms with van der Waals surface area (Å²) in [5.41, 5.74) is 2.77. The Hall–Kier alpha value is -3.61. The molecule has 0 atom stereocenters. The predicted octanol–water partition coefficient (Wildman–Crippen LogP) is 2.80. The number of H-pyrrole nitrogens is 1. The molecule has 0 fully saturated rings. The van der Waals surface area contributed by atoms with E-state index in [9.17, 15) is 9.90 Å².